The topological polar surface area (TPSA) is 3.24 Å². The molecule has 0 saturated heterocycles. The molecule has 109 valence electrons. The molecule has 0 saturated carbocycles. The van der Waals surface area contributed by atoms with Crippen molar-refractivity contribution in [3.05, 3.63) is 78.4 Å². The number of anilines is 1. The minimum atomic E-state index is 1.16. The van der Waals surface area contributed by atoms with Crippen LogP contribution in [0.2, 0.25) is 0 Å². The van der Waals surface area contributed by atoms with Crippen LogP contribution < -0.4 is 4.90 Å². The van der Waals surface area contributed by atoms with E-state index in [2.05, 4.69) is 92.6 Å². The molecular formula is C21H20N. The number of aryl methyl sites for hydroxylation is 1. The Labute approximate surface area is 132 Å². The molecule has 3 aromatic rings. The molecule has 0 spiro atoms. The van der Waals surface area contributed by atoms with Crippen LogP contribution in [0, 0.1) is 13.0 Å². The SMILES string of the molecule is Cc1cc[c]c(-c2ccc(N(C)C)cc2)c1-c1ccccc1. The minimum absolute atomic E-state index is 1.16. The van der Waals surface area contributed by atoms with E-state index in [0.717, 1.165) is 5.56 Å². The van der Waals surface area contributed by atoms with Crippen molar-refractivity contribution >= 4 is 5.69 Å². The van der Waals surface area contributed by atoms with Gasteiger partial charge in [0.15, 0.2) is 0 Å². The molecular weight excluding hydrogens is 266 g/mol. The van der Waals surface area contributed by atoms with Gasteiger partial charge in [-0.3, -0.25) is 0 Å². The van der Waals surface area contributed by atoms with Gasteiger partial charge in [-0.25, -0.2) is 0 Å². The van der Waals surface area contributed by atoms with Gasteiger partial charge >= 0.3 is 0 Å². The van der Waals surface area contributed by atoms with Gasteiger partial charge in [0.25, 0.3) is 0 Å². The maximum Gasteiger partial charge on any atom is 0.0361 e. The highest BCUT2D eigenvalue weighted by molar-refractivity contribution is 5.85. The Bertz CT molecular complexity index is 756. The number of rotatable bonds is 3. The summed E-state index contributed by atoms with van der Waals surface area (Å²) in [5.41, 5.74) is 7.35. The summed E-state index contributed by atoms with van der Waals surface area (Å²) in [7, 11) is 4.12. The predicted molar refractivity (Wildman–Crippen MR) is 95.2 cm³/mol. The van der Waals surface area contributed by atoms with Crippen LogP contribution >= 0.6 is 0 Å². The van der Waals surface area contributed by atoms with E-state index in [-0.39, 0.29) is 0 Å². The quantitative estimate of drug-likeness (QED) is 0.640. The lowest BCUT2D eigenvalue weighted by Gasteiger charge is -2.15. The maximum absolute atomic E-state index is 3.43. The molecule has 0 bridgehead atoms. The third kappa shape index (κ3) is 2.75. The summed E-state index contributed by atoms with van der Waals surface area (Å²) in [6.07, 6.45) is 0. The second-order valence-corrected chi connectivity index (χ2v) is 5.72. The van der Waals surface area contributed by atoms with Crippen molar-refractivity contribution in [3.63, 3.8) is 0 Å². The number of benzene rings is 3. The molecule has 0 N–H and O–H groups in total. The highest BCUT2D eigenvalue weighted by Crippen LogP contribution is 2.34. The molecule has 0 aliphatic heterocycles. The first-order valence-corrected chi connectivity index (χ1v) is 7.51. The number of hydrogen-bond donors (Lipinski definition) is 0. The Kier molecular flexibility index (Phi) is 3.97. The molecule has 0 aliphatic rings. The van der Waals surface area contributed by atoms with E-state index >= 15 is 0 Å². The van der Waals surface area contributed by atoms with E-state index in [4.69, 9.17) is 0 Å². The fraction of sp³-hybridized carbons (Fsp3) is 0.143. The standard InChI is InChI=1S/C21H20N/c1-16-8-7-11-20(21(16)18-9-5-4-6-10-18)17-12-14-19(15-13-17)22(2)3/h4-10,12-15H,1-3H3. The smallest absolute Gasteiger partial charge is 0.0361 e. The fourth-order valence-corrected chi connectivity index (χ4v) is 2.73. The predicted octanol–water partition coefficient (Wildman–Crippen LogP) is 5.20. The van der Waals surface area contributed by atoms with E-state index in [1.54, 1.807) is 0 Å². The average molecular weight is 286 g/mol. The average Bonchev–Trinajstić information content (AvgIpc) is 2.55. The normalized spacial score (nSPS) is 10.5. The van der Waals surface area contributed by atoms with Crippen molar-refractivity contribution in [2.75, 3.05) is 19.0 Å². The van der Waals surface area contributed by atoms with E-state index in [1.165, 1.54) is 27.9 Å². The Morgan fingerprint density at radius 2 is 1.45 bits per heavy atom. The largest absolute Gasteiger partial charge is 0.378 e. The Morgan fingerprint density at radius 1 is 0.773 bits per heavy atom. The molecule has 22 heavy (non-hydrogen) atoms. The molecule has 1 radical (unpaired) electrons. The van der Waals surface area contributed by atoms with Gasteiger partial charge in [0.05, 0.1) is 0 Å². The Balaban J connectivity index is 2.13. The zero-order chi connectivity index (χ0) is 15.5. The minimum Gasteiger partial charge on any atom is -0.378 e. The lowest BCUT2D eigenvalue weighted by atomic mass is 9.91. The van der Waals surface area contributed by atoms with Gasteiger partial charge in [0, 0.05) is 19.8 Å². The van der Waals surface area contributed by atoms with Gasteiger partial charge in [-0.15, -0.1) is 0 Å². The summed E-state index contributed by atoms with van der Waals surface area (Å²) in [6.45, 7) is 2.16. The first-order valence-electron chi connectivity index (χ1n) is 7.51. The van der Waals surface area contributed by atoms with Crippen LogP contribution in [0.5, 0.6) is 0 Å². The van der Waals surface area contributed by atoms with E-state index in [0.29, 0.717) is 0 Å². The summed E-state index contributed by atoms with van der Waals surface area (Å²) in [6, 6.07) is 26.8. The molecule has 3 rings (SSSR count). The highest BCUT2D eigenvalue weighted by Gasteiger charge is 2.10. The van der Waals surface area contributed by atoms with E-state index in [9.17, 15) is 0 Å². The molecule has 0 aromatic heterocycles. The van der Waals surface area contributed by atoms with Gasteiger partial charge in [-0.1, -0.05) is 54.6 Å². The van der Waals surface area contributed by atoms with Crippen molar-refractivity contribution < 1.29 is 0 Å². The van der Waals surface area contributed by atoms with Gasteiger partial charge in [0.2, 0.25) is 0 Å². The molecule has 0 amide bonds. The Hall–Kier alpha value is -2.54. The van der Waals surface area contributed by atoms with Crippen LogP contribution in [0.1, 0.15) is 5.56 Å². The number of hydrogen-bond acceptors (Lipinski definition) is 1. The zero-order valence-electron chi connectivity index (χ0n) is 13.3. The van der Waals surface area contributed by atoms with Crippen molar-refractivity contribution in [3.8, 4) is 22.3 Å². The second kappa shape index (κ2) is 6.07. The van der Waals surface area contributed by atoms with Crippen molar-refractivity contribution in [1.29, 1.82) is 0 Å². The summed E-state index contributed by atoms with van der Waals surface area (Å²) < 4.78 is 0. The molecule has 0 fully saturated rings. The first kappa shape index (κ1) is 14.4. The van der Waals surface area contributed by atoms with Crippen LogP contribution in [0.15, 0.2) is 66.7 Å². The van der Waals surface area contributed by atoms with Gasteiger partial charge < -0.3 is 4.90 Å². The summed E-state index contributed by atoms with van der Waals surface area (Å²) in [4.78, 5) is 2.11. The highest BCUT2D eigenvalue weighted by atomic mass is 15.1. The van der Waals surface area contributed by atoms with E-state index < -0.39 is 0 Å². The second-order valence-electron chi connectivity index (χ2n) is 5.72. The lowest BCUT2D eigenvalue weighted by molar-refractivity contribution is 1.13. The monoisotopic (exact) mass is 286 g/mol. The molecule has 0 heterocycles. The molecule has 0 atom stereocenters. The third-order valence-electron chi connectivity index (χ3n) is 3.94. The summed E-state index contributed by atoms with van der Waals surface area (Å²) in [5.74, 6) is 0. The number of nitrogens with zero attached hydrogens (tertiary/aromatic N) is 1. The molecule has 0 aliphatic carbocycles. The molecule has 3 aromatic carbocycles. The summed E-state index contributed by atoms with van der Waals surface area (Å²) in [5, 5.41) is 0. The van der Waals surface area contributed by atoms with Gasteiger partial charge in [0.1, 0.15) is 0 Å². The van der Waals surface area contributed by atoms with Gasteiger partial charge in [-0.05, 0) is 52.9 Å². The molecule has 0 unspecified atom stereocenters. The molecule has 1 nitrogen and oxygen atoms in total. The van der Waals surface area contributed by atoms with Crippen LogP contribution in [0.25, 0.3) is 22.3 Å². The van der Waals surface area contributed by atoms with Crippen LogP contribution in [0.3, 0.4) is 0 Å². The van der Waals surface area contributed by atoms with Crippen LogP contribution in [0.4, 0.5) is 5.69 Å². The fourth-order valence-electron chi connectivity index (χ4n) is 2.73. The zero-order valence-corrected chi connectivity index (χ0v) is 13.3. The Morgan fingerprint density at radius 3 is 2.09 bits per heavy atom. The van der Waals surface area contributed by atoms with Crippen molar-refractivity contribution in [2.24, 2.45) is 0 Å². The first-order chi connectivity index (χ1) is 10.7. The maximum atomic E-state index is 3.43. The van der Waals surface area contributed by atoms with Crippen molar-refractivity contribution in [1.82, 2.24) is 0 Å². The van der Waals surface area contributed by atoms with Crippen LogP contribution in [-0.4, -0.2) is 14.1 Å². The molecule has 1 heteroatoms. The van der Waals surface area contributed by atoms with Crippen molar-refractivity contribution in [2.45, 2.75) is 6.92 Å². The van der Waals surface area contributed by atoms with Crippen LogP contribution in [-0.2, 0) is 0 Å². The van der Waals surface area contributed by atoms with E-state index in [1.807, 2.05) is 6.07 Å². The lowest BCUT2D eigenvalue weighted by Crippen LogP contribution is -2.07. The third-order valence-corrected chi connectivity index (χ3v) is 3.94. The van der Waals surface area contributed by atoms with Gasteiger partial charge in [-0.2, -0.15) is 0 Å². The summed E-state index contributed by atoms with van der Waals surface area (Å²) >= 11 is 0.